The number of fused-ring (bicyclic) bond motifs is 5. The summed E-state index contributed by atoms with van der Waals surface area (Å²) in [6.07, 6.45) is 4.61. The second-order valence-electron chi connectivity index (χ2n) is 20.2. The van der Waals surface area contributed by atoms with Crippen molar-refractivity contribution >= 4 is 53.2 Å². The molecule has 1 aliphatic carbocycles. The number of carbonyl (C=O) groups is 6. The highest BCUT2D eigenvalue weighted by Gasteiger charge is 2.65. The quantitative estimate of drug-likeness (QED) is 0.0216. The van der Waals surface area contributed by atoms with Crippen molar-refractivity contribution in [3.8, 4) is 5.75 Å². The molecule has 79 heavy (non-hydrogen) atoms. The van der Waals surface area contributed by atoms with Gasteiger partial charge in [-0.3, -0.25) is 25.4 Å². The zero-order chi connectivity index (χ0) is 57.7. The van der Waals surface area contributed by atoms with Gasteiger partial charge in [0, 0.05) is 59.4 Å². The lowest BCUT2D eigenvalue weighted by Gasteiger charge is -2.41. The topological polar surface area (TPSA) is 315 Å². The number of aliphatic hydroxyl groups is 2. The molecule has 1 unspecified atom stereocenters. The number of halogens is 1. The predicted molar refractivity (Wildman–Crippen MR) is 288 cm³/mol. The number of likely N-dealkylation sites (N-methyl/N-ethyl adjacent to an activating group) is 2. The van der Waals surface area contributed by atoms with Gasteiger partial charge in [-0.05, 0) is 69.6 Å². The van der Waals surface area contributed by atoms with Gasteiger partial charge in [0.15, 0.2) is 23.7 Å². The van der Waals surface area contributed by atoms with E-state index in [1.54, 1.807) is 38.3 Å². The third kappa shape index (κ3) is 19.7. The van der Waals surface area contributed by atoms with Crippen LogP contribution in [0.1, 0.15) is 83.6 Å². The summed E-state index contributed by atoms with van der Waals surface area (Å²) >= 11 is 6.75. The van der Waals surface area contributed by atoms with Crippen LogP contribution in [0.5, 0.6) is 5.75 Å². The molecule has 3 heterocycles. The lowest BCUT2D eigenvalue weighted by atomic mass is 9.86. The zero-order valence-corrected chi connectivity index (χ0v) is 47.1. The van der Waals surface area contributed by atoms with Crippen molar-refractivity contribution in [2.45, 2.75) is 133 Å². The fourth-order valence-electron chi connectivity index (χ4n) is 9.14. The highest BCUT2D eigenvalue weighted by Crippen LogP contribution is 2.46. The average molecular weight is 1140 g/mol. The molecule has 0 saturated carbocycles. The molecule has 442 valence electrons. The van der Waals surface area contributed by atoms with E-state index in [0.717, 1.165) is 42.6 Å². The van der Waals surface area contributed by atoms with Gasteiger partial charge in [-0.1, -0.05) is 54.5 Å². The Hall–Kier alpha value is -5.41. The number of carbonyl (C=O) groups excluding carboxylic acids is 6. The highest BCUT2D eigenvalue weighted by atomic mass is 35.5. The van der Waals surface area contributed by atoms with Crippen molar-refractivity contribution in [2.24, 2.45) is 17.4 Å². The number of anilines is 1. The maximum atomic E-state index is 14.2. The Bertz CT molecular complexity index is 2310. The summed E-state index contributed by atoms with van der Waals surface area (Å²) in [7, 11) is 5.82. The molecule has 5 amide bonds. The number of nitrogens with zero attached hydrogens (tertiary/aromatic N) is 3. The molecule has 25 heteroatoms. The first-order valence-electron chi connectivity index (χ1n) is 26.9. The predicted octanol–water partition coefficient (Wildman–Crippen LogP) is 2.96. The molecule has 3 aliphatic heterocycles. The molecule has 2 fully saturated rings. The minimum atomic E-state index is -2.16. The average Bonchev–Trinajstić information content (AvgIpc) is 4.24. The minimum absolute atomic E-state index is 0.0208. The number of nitrogens with two attached hydrogens (primary N) is 2. The second kappa shape index (κ2) is 31.6. The highest BCUT2D eigenvalue weighted by molar-refractivity contribution is 6.35. The van der Waals surface area contributed by atoms with Crippen molar-refractivity contribution in [3.63, 3.8) is 0 Å². The van der Waals surface area contributed by atoms with E-state index in [1.807, 2.05) is 6.92 Å². The van der Waals surface area contributed by atoms with E-state index in [0.29, 0.717) is 71.3 Å². The van der Waals surface area contributed by atoms with Gasteiger partial charge in [0.2, 0.25) is 17.7 Å². The Morgan fingerprint density at radius 1 is 0.962 bits per heavy atom. The number of allylic oxidation sites excluding steroid dienone is 5. The monoisotopic (exact) mass is 1140 g/mol. The fraction of sp³-hybridized carbons (Fsp3) is 0.667. The number of methoxy groups -OCH3 is 1. The standard InChI is InChI=1S/C54H82ClN7O17/c1-35-14-12-17-42(63)53(70)34-41(77-52(69)59-53)36(2)48-54(57,79-48)43(33-46(66)61(4)39-31-37(30-35)32-40(71-6)47(39)55)78-50(67)49(56)62(5)45(65)19-13-18-44(64)60(3)21-23-73-25-27-75-29-28-74-26-24-72-22-20-58-51(68)76-38-15-10-8-7-9-11-16-38/h7-8,12,14,17,31-32,36,38,41-43,48-49,63,70H,9-11,13,15-16,18-30,33-34,56-57H2,1-6H3,(H,58,68)(H,59,69)/b8-7+,17-12+,35-14+/t36-,38?,41+,42-,43+,48+,49-,53+,54+/m1/s1. The summed E-state index contributed by atoms with van der Waals surface area (Å²) in [5.74, 6) is -3.06. The number of benzene rings is 1. The van der Waals surface area contributed by atoms with Crippen molar-refractivity contribution in [3.05, 3.63) is 58.7 Å². The molecule has 5 rings (SSSR count). The number of epoxide rings is 1. The zero-order valence-electron chi connectivity index (χ0n) is 46.3. The molecular formula is C54H82ClN7O17. The van der Waals surface area contributed by atoms with Gasteiger partial charge in [-0.25, -0.2) is 14.4 Å². The van der Waals surface area contributed by atoms with Crippen LogP contribution in [0.25, 0.3) is 0 Å². The second-order valence-corrected chi connectivity index (χ2v) is 20.6. The number of ether oxygens (including phenoxy) is 9. The number of esters is 1. The SMILES string of the molecule is COc1cc2cc(c1Cl)N(C)C(=O)C[C@H](OC(=O)[C@H](N)N(C)C(=O)CCCC(=O)N(C)CCOCCOCCOCCOCCNC(=O)OC1CC/C=C/CCC1)[C@]1(N)O[C@H]1[C@H](C)[C@@H]1C[C@@](O)(NC(=O)O1)[C@H](O)/C=C/C=C(\C)C2. The van der Waals surface area contributed by atoms with Gasteiger partial charge in [0.05, 0.1) is 72.1 Å². The molecule has 0 aromatic heterocycles. The summed E-state index contributed by atoms with van der Waals surface area (Å²) in [4.78, 5) is 82.8. The third-order valence-electron chi connectivity index (χ3n) is 14.1. The molecule has 9 atom stereocenters. The third-order valence-corrected chi connectivity index (χ3v) is 14.5. The molecule has 2 saturated heterocycles. The minimum Gasteiger partial charge on any atom is -0.495 e. The van der Waals surface area contributed by atoms with Crippen LogP contribution in [-0.4, -0.2) is 198 Å². The Balaban J connectivity index is 1.03. The van der Waals surface area contributed by atoms with Gasteiger partial charge in [-0.2, -0.15) is 0 Å². The van der Waals surface area contributed by atoms with Crippen LogP contribution < -0.4 is 31.7 Å². The summed E-state index contributed by atoms with van der Waals surface area (Å²) in [5.41, 5.74) is 10.9. The number of amides is 5. The lowest BCUT2D eigenvalue weighted by Crippen LogP contribution is -2.63. The van der Waals surface area contributed by atoms with E-state index >= 15 is 0 Å². The molecular weight excluding hydrogens is 1050 g/mol. The number of hydrogen-bond acceptors (Lipinski definition) is 19. The number of aliphatic hydroxyl groups excluding tert-OH is 1. The first-order valence-corrected chi connectivity index (χ1v) is 27.2. The molecule has 1 aromatic carbocycles. The number of hydrogen-bond donors (Lipinski definition) is 6. The maximum absolute atomic E-state index is 14.2. The van der Waals surface area contributed by atoms with Crippen molar-refractivity contribution in [2.75, 3.05) is 99.1 Å². The van der Waals surface area contributed by atoms with Gasteiger partial charge in [-0.15, -0.1) is 0 Å². The van der Waals surface area contributed by atoms with Gasteiger partial charge in [0.25, 0.3) is 0 Å². The van der Waals surface area contributed by atoms with Crippen LogP contribution in [0.4, 0.5) is 15.3 Å². The van der Waals surface area contributed by atoms with Crippen LogP contribution in [0.3, 0.4) is 0 Å². The van der Waals surface area contributed by atoms with Crippen LogP contribution >= 0.6 is 11.6 Å². The van der Waals surface area contributed by atoms with Crippen LogP contribution in [0.2, 0.25) is 5.02 Å². The first kappa shape index (κ1) is 64.4. The van der Waals surface area contributed by atoms with Gasteiger partial charge < -0.3 is 78.6 Å². The first-order chi connectivity index (χ1) is 37.7. The van der Waals surface area contributed by atoms with Crippen LogP contribution in [0, 0.1) is 5.92 Å². The van der Waals surface area contributed by atoms with Gasteiger partial charge >= 0.3 is 18.2 Å². The normalized spacial score (nSPS) is 27.2. The Kier molecular flexibility index (Phi) is 25.7. The summed E-state index contributed by atoms with van der Waals surface area (Å²) in [5, 5.41) is 27.7. The van der Waals surface area contributed by atoms with E-state index in [-0.39, 0.29) is 60.8 Å². The molecule has 8 N–H and O–H groups in total. The summed E-state index contributed by atoms with van der Waals surface area (Å²) in [6, 6.07) is 3.40. The Morgan fingerprint density at radius 2 is 1.62 bits per heavy atom. The largest absolute Gasteiger partial charge is 0.495 e. The van der Waals surface area contributed by atoms with E-state index < -0.39 is 84.3 Å². The molecule has 4 bridgehead atoms. The molecule has 24 nitrogen and oxygen atoms in total. The van der Waals surface area contributed by atoms with Crippen LogP contribution in [-0.2, 0) is 63.5 Å². The van der Waals surface area contributed by atoms with Crippen molar-refractivity contribution in [1.82, 2.24) is 20.4 Å². The van der Waals surface area contributed by atoms with E-state index in [1.165, 1.54) is 37.1 Å². The molecule has 1 aromatic rings. The maximum Gasteiger partial charge on any atom is 0.409 e. The number of rotatable bonds is 24. The van der Waals surface area contributed by atoms with Crippen molar-refractivity contribution < 1.29 is 81.6 Å². The smallest absolute Gasteiger partial charge is 0.409 e. The summed E-state index contributed by atoms with van der Waals surface area (Å²) < 4.78 is 50.6. The molecule has 4 aliphatic rings. The number of nitrogens with one attached hydrogen (secondary N) is 2. The van der Waals surface area contributed by atoms with E-state index in [9.17, 15) is 39.0 Å². The van der Waals surface area contributed by atoms with E-state index in [2.05, 4.69) is 22.8 Å². The Labute approximate surface area is 467 Å². The molecule has 0 spiro atoms. The fourth-order valence-corrected chi connectivity index (χ4v) is 9.45. The summed E-state index contributed by atoms with van der Waals surface area (Å²) in [6.45, 7) is 6.77. The van der Waals surface area contributed by atoms with Crippen molar-refractivity contribution in [1.29, 1.82) is 0 Å². The van der Waals surface area contributed by atoms with E-state index in [4.69, 9.17) is 65.7 Å². The van der Waals surface area contributed by atoms with Gasteiger partial charge in [0.1, 0.15) is 35.2 Å². The van der Waals surface area contributed by atoms with Crippen LogP contribution in [0.15, 0.2) is 48.1 Å². The molecule has 0 radical (unpaired) electrons. The number of alkyl carbamates (subject to hydrolysis) is 2. The lowest BCUT2D eigenvalue weighted by molar-refractivity contribution is -0.163. The Morgan fingerprint density at radius 3 is 2.32 bits per heavy atom.